The number of morpholine rings is 1. The van der Waals surface area contributed by atoms with E-state index in [-0.39, 0.29) is 12.5 Å². The zero-order chi connectivity index (χ0) is 22.6. The van der Waals surface area contributed by atoms with Crippen LogP contribution in [-0.4, -0.2) is 54.7 Å². The van der Waals surface area contributed by atoms with Crippen LogP contribution in [0.3, 0.4) is 0 Å². The number of aromatic nitrogens is 1. The summed E-state index contributed by atoms with van der Waals surface area (Å²) < 4.78 is 11.5. The van der Waals surface area contributed by atoms with Gasteiger partial charge in [0.25, 0.3) is 0 Å². The summed E-state index contributed by atoms with van der Waals surface area (Å²) in [4.78, 5) is 45.0. The van der Waals surface area contributed by atoms with Crippen LogP contribution in [0.15, 0.2) is 36.5 Å². The van der Waals surface area contributed by atoms with Crippen LogP contribution in [0.4, 0.5) is 10.6 Å². The third-order valence-electron chi connectivity index (χ3n) is 6.55. The van der Waals surface area contributed by atoms with Crippen molar-refractivity contribution in [1.29, 1.82) is 0 Å². The van der Waals surface area contributed by atoms with E-state index in [1.54, 1.807) is 13.3 Å². The number of anilines is 1. The number of nitrogens with zero attached hydrogens (tertiary/aromatic N) is 2. The molecule has 2 fully saturated rings. The van der Waals surface area contributed by atoms with Crippen molar-refractivity contribution >= 4 is 23.7 Å². The number of hydrogen-bond donors (Lipinski definition) is 2. The number of para-hydroxylation sites is 1. The molecular formula is C23H24N4O5. The Bertz CT molecular complexity index is 1110. The summed E-state index contributed by atoms with van der Waals surface area (Å²) in [7, 11) is 1.61. The Morgan fingerprint density at radius 3 is 2.59 bits per heavy atom. The van der Waals surface area contributed by atoms with Gasteiger partial charge >= 0.3 is 6.03 Å². The van der Waals surface area contributed by atoms with Gasteiger partial charge in [0.2, 0.25) is 11.8 Å². The lowest BCUT2D eigenvalue weighted by atomic mass is 9.67. The monoisotopic (exact) mass is 436 g/mol. The van der Waals surface area contributed by atoms with Crippen molar-refractivity contribution in [2.75, 3.05) is 18.6 Å². The number of barbiturate groups is 1. The van der Waals surface area contributed by atoms with E-state index in [1.807, 2.05) is 49.1 Å². The number of amides is 4. The van der Waals surface area contributed by atoms with E-state index in [4.69, 9.17) is 14.5 Å². The summed E-state index contributed by atoms with van der Waals surface area (Å²) in [6.45, 7) is 4.26. The molecule has 5 rings (SSSR count). The van der Waals surface area contributed by atoms with Crippen LogP contribution in [0.25, 0.3) is 11.1 Å². The number of carbonyl (C=O) groups excluding carboxylic acids is 3. The van der Waals surface area contributed by atoms with E-state index in [2.05, 4.69) is 10.6 Å². The molecular weight excluding hydrogens is 412 g/mol. The van der Waals surface area contributed by atoms with Crippen LogP contribution in [0, 0.1) is 5.41 Å². The van der Waals surface area contributed by atoms with Gasteiger partial charge in [-0.25, -0.2) is 9.78 Å². The summed E-state index contributed by atoms with van der Waals surface area (Å²) in [6.07, 6.45) is 1.34. The minimum atomic E-state index is -1.51. The summed E-state index contributed by atoms with van der Waals surface area (Å²) in [5.74, 6) is 0.197. The maximum absolute atomic E-state index is 13.2. The minimum Gasteiger partial charge on any atom is -0.496 e. The normalized spacial score (nSPS) is 26.2. The van der Waals surface area contributed by atoms with Crippen LogP contribution >= 0.6 is 0 Å². The van der Waals surface area contributed by atoms with E-state index in [0.29, 0.717) is 12.3 Å². The van der Waals surface area contributed by atoms with Gasteiger partial charge < -0.3 is 14.4 Å². The van der Waals surface area contributed by atoms with Crippen molar-refractivity contribution in [2.24, 2.45) is 5.41 Å². The lowest BCUT2D eigenvalue weighted by Gasteiger charge is -2.54. The quantitative estimate of drug-likeness (QED) is 0.689. The zero-order valence-electron chi connectivity index (χ0n) is 18.0. The van der Waals surface area contributed by atoms with Gasteiger partial charge in [0.1, 0.15) is 11.6 Å². The summed E-state index contributed by atoms with van der Waals surface area (Å²) in [6, 6.07) is 8.14. The number of hydrogen-bond acceptors (Lipinski definition) is 7. The highest BCUT2D eigenvalue weighted by atomic mass is 16.5. The minimum absolute atomic E-state index is 0.104. The largest absolute Gasteiger partial charge is 0.496 e. The maximum Gasteiger partial charge on any atom is 0.328 e. The van der Waals surface area contributed by atoms with Crippen LogP contribution in [0.1, 0.15) is 19.4 Å². The first-order valence-corrected chi connectivity index (χ1v) is 10.6. The number of rotatable bonds is 2. The molecule has 166 valence electrons. The second kappa shape index (κ2) is 7.30. The van der Waals surface area contributed by atoms with Crippen LogP contribution < -0.4 is 20.3 Å². The Kier molecular flexibility index (Phi) is 4.67. The van der Waals surface area contributed by atoms with Gasteiger partial charge in [-0.2, -0.15) is 0 Å². The number of carbonyl (C=O) groups is 3. The fraction of sp³-hybridized carbons (Fsp3) is 0.391. The summed E-state index contributed by atoms with van der Waals surface area (Å²) >= 11 is 0. The molecule has 1 aromatic carbocycles. The maximum atomic E-state index is 13.2. The average molecular weight is 436 g/mol. The predicted molar refractivity (Wildman–Crippen MR) is 115 cm³/mol. The number of nitrogens with one attached hydrogen (secondary N) is 2. The fourth-order valence-corrected chi connectivity index (χ4v) is 5.33. The average Bonchev–Trinajstić information content (AvgIpc) is 2.76. The Hall–Kier alpha value is -3.46. The SMILES string of the molecule is COc1ccccc1-c1cnc2c(c1)CC1(C(=O)NC(=O)NC1=O)[C@H]1[C@H](C)O[C@H](C)CN21. The molecule has 3 aliphatic heterocycles. The van der Waals surface area contributed by atoms with Crippen LogP contribution in [-0.2, 0) is 20.7 Å². The highest BCUT2D eigenvalue weighted by Gasteiger charge is 2.63. The van der Waals surface area contributed by atoms with Gasteiger partial charge in [-0.15, -0.1) is 0 Å². The second-order valence-corrected chi connectivity index (χ2v) is 8.54. The van der Waals surface area contributed by atoms with Crippen molar-refractivity contribution < 1.29 is 23.9 Å². The molecule has 2 N–H and O–H groups in total. The molecule has 1 spiro atoms. The van der Waals surface area contributed by atoms with Crippen molar-refractivity contribution in [3.63, 3.8) is 0 Å². The highest BCUT2D eigenvalue weighted by Crippen LogP contribution is 2.46. The number of methoxy groups -OCH3 is 1. The lowest BCUT2D eigenvalue weighted by Crippen LogP contribution is -2.75. The van der Waals surface area contributed by atoms with Crippen molar-refractivity contribution in [3.05, 3.63) is 42.1 Å². The van der Waals surface area contributed by atoms with Crippen molar-refractivity contribution in [3.8, 4) is 16.9 Å². The molecule has 0 saturated carbocycles. The second-order valence-electron chi connectivity index (χ2n) is 8.54. The number of imide groups is 2. The first kappa shape index (κ1) is 20.4. The number of pyridine rings is 1. The van der Waals surface area contributed by atoms with E-state index < -0.39 is 35.4 Å². The zero-order valence-corrected chi connectivity index (χ0v) is 18.0. The molecule has 32 heavy (non-hydrogen) atoms. The molecule has 0 aliphatic carbocycles. The number of benzene rings is 1. The molecule has 4 amide bonds. The number of fused-ring (bicyclic) bond motifs is 4. The molecule has 0 unspecified atom stereocenters. The van der Waals surface area contributed by atoms with Crippen LogP contribution in [0.5, 0.6) is 5.75 Å². The van der Waals surface area contributed by atoms with E-state index in [1.165, 1.54) is 0 Å². The summed E-state index contributed by atoms with van der Waals surface area (Å²) in [5.41, 5.74) is 0.919. The van der Waals surface area contributed by atoms with Crippen molar-refractivity contribution in [2.45, 2.75) is 38.5 Å². The molecule has 1 aromatic heterocycles. The molecule has 2 aromatic rings. The number of ether oxygens (including phenoxy) is 2. The van der Waals surface area contributed by atoms with Crippen LogP contribution in [0.2, 0.25) is 0 Å². The molecule has 9 nitrogen and oxygen atoms in total. The molecule has 4 heterocycles. The van der Waals surface area contributed by atoms with Gasteiger partial charge in [-0.3, -0.25) is 20.2 Å². The number of urea groups is 1. The molecule has 9 heteroatoms. The van der Waals surface area contributed by atoms with Gasteiger partial charge in [0, 0.05) is 30.3 Å². The predicted octanol–water partition coefficient (Wildman–Crippen LogP) is 1.65. The molecule has 3 atom stereocenters. The smallest absolute Gasteiger partial charge is 0.328 e. The van der Waals surface area contributed by atoms with Gasteiger partial charge in [0.15, 0.2) is 5.41 Å². The standard InChI is InChI=1S/C23H24N4O5/c1-12-11-27-18(13(2)32-12)23(20(28)25-22(30)26-21(23)29)9-14-8-15(10-24-19(14)27)16-6-4-5-7-17(16)31-3/h4-8,10,12-13,18H,9,11H2,1-3H3,(H2,25,26,28,29,30)/t12-,13+,18-/m1/s1. The lowest BCUT2D eigenvalue weighted by molar-refractivity contribution is -0.153. The highest BCUT2D eigenvalue weighted by molar-refractivity contribution is 6.20. The first-order chi connectivity index (χ1) is 15.3. The molecule has 0 bridgehead atoms. The van der Waals surface area contributed by atoms with E-state index in [9.17, 15) is 14.4 Å². The van der Waals surface area contributed by atoms with Gasteiger partial charge in [0.05, 0.1) is 25.4 Å². The van der Waals surface area contributed by atoms with Crippen molar-refractivity contribution in [1.82, 2.24) is 15.6 Å². The molecule has 3 aliphatic rings. The Morgan fingerprint density at radius 1 is 1.16 bits per heavy atom. The third-order valence-corrected chi connectivity index (χ3v) is 6.55. The third kappa shape index (κ3) is 2.88. The summed E-state index contributed by atoms with van der Waals surface area (Å²) in [5, 5.41) is 4.60. The Balaban J connectivity index is 1.68. The topological polar surface area (TPSA) is 110 Å². The van der Waals surface area contributed by atoms with Gasteiger partial charge in [-0.1, -0.05) is 18.2 Å². The van der Waals surface area contributed by atoms with E-state index in [0.717, 1.165) is 22.5 Å². The van der Waals surface area contributed by atoms with Gasteiger partial charge in [-0.05, 0) is 31.5 Å². The Labute approximate surface area is 185 Å². The molecule has 2 saturated heterocycles. The Morgan fingerprint density at radius 2 is 1.88 bits per heavy atom. The fourth-order valence-electron chi connectivity index (χ4n) is 5.33. The van der Waals surface area contributed by atoms with E-state index >= 15 is 0 Å². The first-order valence-electron chi connectivity index (χ1n) is 10.6. The molecule has 0 radical (unpaired) electrons.